The van der Waals surface area contributed by atoms with Crippen molar-refractivity contribution in [2.75, 3.05) is 19.4 Å². The molecule has 2 heterocycles. The molecule has 0 amide bonds. The van der Waals surface area contributed by atoms with Gasteiger partial charge < -0.3 is 10.2 Å². The molecule has 0 radical (unpaired) electrons. The molecule has 1 N–H and O–H groups in total. The van der Waals surface area contributed by atoms with Gasteiger partial charge in [0.2, 0.25) is 0 Å². The van der Waals surface area contributed by atoms with Crippen LogP contribution in [0.15, 0.2) is 24.5 Å². The van der Waals surface area contributed by atoms with Gasteiger partial charge in [0.15, 0.2) is 5.78 Å². The highest BCUT2D eigenvalue weighted by atomic mass is 32.1. The Bertz CT molecular complexity index is 989. The fourth-order valence-corrected chi connectivity index (χ4v) is 5.35. The Morgan fingerprint density at radius 3 is 2.68 bits per heavy atom. The summed E-state index contributed by atoms with van der Waals surface area (Å²) in [5.41, 5.74) is 0.805. The lowest BCUT2D eigenvalue weighted by atomic mass is 9.90. The number of ketones is 1. The van der Waals surface area contributed by atoms with E-state index in [1.54, 1.807) is 17.7 Å². The lowest BCUT2D eigenvalue weighted by Crippen LogP contribution is -2.36. The zero-order chi connectivity index (χ0) is 19.7. The Morgan fingerprint density at radius 2 is 1.96 bits per heavy atom. The first-order valence-electron chi connectivity index (χ1n) is 10.2. The molecule has 5 nitrogen and oxygen atoms in total. The van der Waals surface area contributed by atoms with Crippen LogP contribution >= 0.6 is 11.3 Å². The molecule has 1 saturated carbocycles. The summed E-state index contributed by atoms with van der Waals surface area (Å²) >= 11 is 1.64. The van der Waals surface area contributed by atoms with Crippen molar-refractivity contribution >= 4 is 43.2 Å². The van der Waals surface area contributed by atoms with Crippen molar-refractivity contribution in [1.29, 1.82) is 0 Å². The lowest BCUT2D eigenvalue weighted by Gasteiger charge is -2.33. The molecule has 0 bridgehead atoms. The van der Waals surface area contributed by atoms with Crippen molar-refractivity contribution in [3.05, 3.63) is 30.1 Å². The summed E-state index contributed by atoms with van der Waals surface area (Å²) < 4.78 is 1.11. The van der Waals surface area contributed by atoms with Crippen molar-refractivity contribution in [2.45, 2.75) is 57.5 Å². The molecule has 0 spiro atoms. The lowest BCUT2D eigenvalue weighted by molar-refractivity contribution is 0.0983. The van der Waals surface area contributed by atoms with Gasteiger partial charge in [-0.3, -0.25) is 4.79 Å². The molecule has 148 valence electrons. The summed E-state index contributed by atoms with van der Waals surface area (Å²) in [6.45, 7) is 2.05. The number of nitrogens with one attached hydrogen (secondary N) is 1. The van der Waals surface area contributed by atoms with E-state index in [0.717, 1.165) is 50.9 Å². The zero-order valence-electron chi connectivity index (χ0n) is 16.9. The van der Waals surface area contributed by atoms with Gasteiger partial charge in [-0.25, -0.2) is 9.97 Å². The Morgan fingerprint density at radius 1 is 1.18 bits per heavy atom. The van der Waals surface area contributed by atoms with Gasteiger partial charge in [-0.15, -0.1) is 11.3 Å². The standard InChI is InChI=1S/C22H28N4OS/c1-4-6-17(27)16-7-5-8-18-19(16)20-21(23-13-24-22(20)28-18)25-14-9-11-15(12-10-14)26(2)3/h5,7-8,13-15H,4,6,9-12H2,1-3H3,(H,23,24,25)/t14-,15-. The molecular weight excluding hydrogens is 368 g/mol. The summed E-state index contributed by atoms with van der Waals surface area (Å²) in [6.07, 6.45) is 7.73. The average molecular weight is 397 g/mol. The highest BCUT2D eigenvalue weighted by Gasteiger charge is 2.24. The molecule has 1 aromatic carbocycles. The molecule has 0 saturated heterocycles. The molecule has 0 unspecified atom stereocenters. The number of aromatic nitrogens is 2. The third-order valence-corrected chi connectivity index (χ3v) is 6.90. The largest absolute Gasteiger partial charge is 0.367 e. The fraction of sp³-hybridized carbons (Fsp3) is 0.500. The predicted molar refractivity (Wildman–Crippen MR) is 118 cm³/mol. The minimum atomic E-state index is 0.203. The van der Waals surface area contributed by atoms with Crippen LogP contribution in [0.2, 0.25) is 0 Å². The van der Waals surface area contributed by atoms with Crippen molar-refractivity contribution in [1.82, 2.24) is 14.9 Å². The number of carbonyl (C=O) groups excluding carboxylic acids is 1. The van der Waals surface area contributed by atoms with Crippen LogP contribution in [0.3, 0.4) is 0 Å². The van der Waals surface area contributed by atoms with E-state index >= 15 is 0 Å². The Kier molecular flexibility index (Phi) is 5.60. The number of hydrogen-bond donors (Lipinski definition) is 1. The maximum absolute atomic E-state index is 12.7. The number of nitrogens with zero attached hydrogens (tertiary/aromatic N) is 3. The van der Waals surface area contributed by atoms with Gasteiger partial charge in [-0.05, 0) is 52.3 Å². The second-order valence-electron chi connectivity index (χ2n) is 7.97. The van der Waals surface area contributed by atoms with E-state index in [1.807, 2.05) is 19.1 Å². The second-order valence-corrected chi connectivity index (χ2v) is 9.00. The molecule has 3 aromatic rings. The van der Waals surface area contributed by atoms with Crippen LogP contribution in [0.1, 0.15) is 55.8 Å². The topological polar surface area (TPSA) is 58.1 Å². The number of rotatable bonds is 6. The van der Waals surface area contributed by atoms with Gasteiger partial charge >= 0.3 is 0 Å². The summed E-state index contributed by atoms with van der Waals surface area (Å²) in [6, 6.07) is 7.09. The first-order valence-corrected chi connectivity index (χ1v) is 11.0. The van der Waals surface area contributed by atoms with Crippen molar-refractivity contribution in [3.8, 4) is 0 Å². The van der Waals surface area contributed by atoms with Crippen LogP contribution in [0.25, 0.3) is 20.3 Å². The second kappa shape index (κ2) is 8.13. The van der Waals surface area contributed by atoms with Crippen LogP contribution < -0.4 is 5.32 Å². The van der Waals surface area contributed by atoms with E-state index in [0.29, 0.717) is 18.5 Å². The van der Waals surface area contributed by atoms with Gasteiger partial charge in [0.25, 0.3) is 0 Å². The van der Waals surface area contributed by atoms with Crippen LogP contribution in [-0.4, -0.2) is 46.8 Å². The van der Waals surface area contributed by atoms with E-state index in [1.165, 1.54) is 12.8 Å². The molecule has 2 aromatic heterocycles. The van der Waals surface area contributed by atoms with Gasteiger partial charge in [0, 0.05) is 34.2 Å². The molecule has 6 heteroatoms. The molecule has 0 atom stereocenters. The van der Waals surface area contributed by atoms with E-state index in [9.17, 15) is 4.79 Å². The third-order valence-electron chi connectivity index (χ3n) is 5.84. The molecule has 4 rings (SSSR count). The minimum absolute atomic E-state index is 0.203. The first kappa shape index (κ1) is 19.3. The van der Waals surface area contributed by atoms with Crippen molar-refractivity contribution in [3.63, 3.8) is 0 Å². The average Bonchev–Trinajstić information content (AvgIpc) is 3.08. The van der Waals surface area contributed by atoms with E-state index < -0.39 is 0 Å². The number of Topliss-reactive ketones (excluding diaryl/α,β-unsaturated/α-hetero) is 1. The fourth-order valence-electron chi connectivity index (χ4n) is 4.28. The third kappa shape index (κ3) is 3.63. The van der Waals surface area contributed by atoms with Crippen LogP contribution in [0.4, 0.5) is 5.82 Å². The molecule has 28 heavy (non-hydrogen) atoms. The van der Waals surface area contributed by atoms with Crippen molar-refractivity contribution in [2.24, 2.45) is 0 Å². The summed E-state index contributed by atoms with van der Waals surface area (Å²) in [5, 5.41) is 5.72. The number of carbonyl (C=O) groups is 1. The molecule has 1 aliphatic rings. The highest BCUT2D eigenvalue weighted by Crippen LogP contribution is 2.39. The van der Waals surface area contributed by atoms with Crippen LogP contribution in [0.5, 0.6) is 0 Å². The van der Waals surface area contributed by atoms with Crippen molar-refractivity contribution < 1.29 is 4.79 Å². The molecular formula is C22H28N4OS. The first-order chi connectivity index (χ1) is 13.6. The monoisotopic (exact) mass is 396 g/mol. The van der Waals surface area contributed by atoms with Crippen LogP contribution in [0, 0.1) is 0 Å². The number of thiophene rings is 1. The number of anilines is 1. The number of benzene rings is 1. The zero-order valence-corrected chi connectivity index (χ0v) is 17.7. The summed E-state index contributed by atoms with van der Waals surface area (Å²) in [4.78, 5) is 25.1. The Hall–Kier alpha value is -2.05. The Labute approximate surface area is 170 Å². The Balaban J connectivity index is 1.71. The van der Waals surface area contributed by atoms with Gasteiger partial charge in [-0.1, -0.05) is 19.1 Å². The number of hydrogen-bond acceptors (Lipinski definition) is 6. The maximum Gasteiger partial charge on any atom is 0.163 e. The SMILES string of the molecule is CCCC(=O)c1cccc2sc3ncnc(N[C@H]4CC[C@H](N(C)C)CC4)c3c12. The summed E-state index contributed by atoms with van der Waals surface area (Å²) in [7, 11) is 4.33. The predicted octanol–water partition coefficient (Wildman–Crippen LogP) is 5.11. The minimum Gasteiger partial charge on any atom is -0.367 e. The van der Waals surface area contributed by atoms with Gasteiger partial charge in [0.1, 0.15) is 17.0 Å². The summed E-state index contributed by atoms with van der Waals surface area (Å²) in [5.74, 6) is 1.08. The van der Waals surface area contributed by atoms with E-state index in [4.69, 9.17) is 0 Å². The quantitative estimate of drug-likeness (QED) is 0.587. The van der Waals surface area contributed by atoms with Crippen LogP contribution in [-0.2, 0) is 0 Å². The maximum atomic E-state index is 12.7. The smallest absolute Gasteiger partial charge is 0.163 e. The molecule has 1 fully saturated rings. The normalized spacial score (nSPS) is 20.1. The number of fused-ring (bicyclic) bond motifs is 3. The highest BCUT2D eigenvalue weighted by molar-refractivity contribution is 7.25. The van der Waals surface area contributed by atoms with E-state index in [2.05, 4.69) is 40.3 Å². The van der Waals surface area contributed by atoms with E-state index in [-0.39, 0.29) is 5.78 Å². The molecule has 1 aliphatic carbocycles. The van der Waals surface area contributed by atoms with Gasteiger partial charge in [-0.2, -0.15) is 0 Å². The van der Waals surface area contributed by atoms with Gasteiger partial charge in [0.05, 0.1) is 5.39 Å². The molecule has 0 aliphatic heterocycles.